The Bertz CT molecular complexity index is 171. The Kier molecular flexibility index (Phi) is 4.35. The third kappa shape index (κ3) is 3.23. The fourth-order valence-electron chi connectivity index (χ4n) is 1.83. The van der Waals surface area contributed by atoms with E-state index in [-0.39, 0.29) is 11.5 Å². The van der Waals surface area contributed by atoms with Crippen molar-refractivity contribution in [3.05, 3.63) is 0 Å². The van der Waals surface area contributed by atoms with Crippen LogP contribution in [0.3, 0.4) is 0 Å². The zero-order chi connectivity index (χ0) is 10.6. The number of rotatable bonds is 4. The molecule has 14 heavy (non-hydrogen) atoms. The highest BCUT2D eigenvalue weighted by molar-refractivity contribution is 4.86. The molecule has 0 spiro atoms. The van der Waals surface area contributed by atoms with Crippen LogP contribution in [-0.4, -0.2) is 49.5 Å². The highest BCUT2D eigenvalue weighted by Gasteiger charge is 2.33. The molecule has 1 heterocycles. The highest BCUT2D eigenvalue weighted by atomic mass is 16.5. The molecule has 1 atom stereocenters. The van der Waals surface area contributed by atoms with E-state index >= 15 is 0 Å². The topological polar surface area (TPSA) is 32.7 Å². The Morgan fingerprint density at radius 2 is 2.21 bits per heavy atom. The maximum Gasteiger partial charge on any atom is 0.0718 e. The van der Waals surface area contributed by atoms with E-state index < -0.39 is 0 Å². The minimum absolute atomic E-state index is 0.0950. The van der Waals surface area contributed by atoms with Gasteiger partial charge in [-0.15, -0.1) is 0 Å². The zero-order valence-electron chi connectivity index (χ0n) is 9.62. The van der Waals surface area contributed by atoms with Gasteiger partial charge in [-0.2, -0.15) is 0 Å². The van der Waals surface area contributed by atoms with Crippen molar-refractivity contribution >= 4 is 0 Å². The molecule has 1 fully saturated rings. The normalized spacial score (nSPS) is 27.9. The Balaban J connectivity index is 2.25. The SMILES string of the molecule is COCCCN1CCC(C)(C)C(O)C1. The fraction of sp³-hybridized carbons (Fsp3) is 1.00. The first kappa shape index (κ1) is 12.0. The minimum atomic E-state index is -0.182. The molecule has 0 radical (unpaired) electrons. The summed E-state index contributed by atoms with van der Waals surface area (Å²) in [7, 11) is 1.73. The summed E-state index contributed by atoms with van der Waals surface area (Å²) >= 11 is 0. The van der Waals surface area contributed by atoms with Crippen LogP contribution in [0.5, 0.6) is 0 Å². The van der Waals surface area contributed by atoms with E-state index in [1.54, 1.807) is 7.11 Å². The molecule has 1 aliphatic rings. The standard InChI is InChI=1S/C11H23NO2/c1-11(2)5-7-12(9-10(11)13)6-4-8-14-3/h10,13H,4-9H2,1-3H3. The minimum Gasteiger partial charge on any atom is -0.391 e. The van der Waals surface area contributed by atoms with E-state index in [0.29, 0.717) is 0 Å². The summed E-state index contributed by atoms with van der Waals surface area (Å²) < 4.78 is 5.01. The lowest BCUT2D eigenvalue weighted by atomic mass is 9.80. The van der Waals surface area contributed by atoms with Crippen molar-refractivity contribution in [2.75, 3.05) is 33.4 Å². The molecule has 0 amide bonds. The summed E-state index contributed by atoms with van der Waals surface area (Å²) in [5, 5.41) is 9.89. The Hall–Kier alpha value is -0.120. The van der Waals surface area contributed by atoms with Gasteiger partial charge in [0.1, 0.15) is 0 Å². The lowest BCUT2D eigenvalue weighted by Crippen LogP contribution is -2.48. The number of methoxy groups -OCH3 is 1. The average Bonchev–Trinajstić information content (AvgIpc) is 2.12. The van der Waals surface area contributed by atoms with Gasteiger partial charge < -0.3 is 14.7 Å². The molecule has 84 valence electrons. The number of β-amino-alcohol motifs (C(OH)–C–C–N with tert-alkyl or cyclic N) is 1. The molecule has 1 saturated heterocycles. The third-order valence-electron chi connectivity index (χ3n) is 3.23. The van der Waals surface area contributed by atoms with E-state index in [0.717, 1.165) is 39.1 Å². The second-order valence-electron chi connectivity index (χ2n) is 4.90. The quantitative estimate of drug-likeness (QED) is 0.692. The molecular weight excluding hydrogens is 178 g/mol. The number of aliphatic hydroxyl groups is 1. The molecule has 3 nitrogen and oxygen atoms in total. The van der Waals surface area contributed by atoms with Crippen LogP contribution in [0.1, 0.15) is 26.7 Å². The van der Waals surface area contributed by atoms with Crippen LogP contribution in [0.15, 0.2) is 0 Å². The van der Waals surface area contributed by atoms with Gasteiger partial charge in [-0.05, 0) is 24.8 Å². The monoisotopic (exact) mass is 201 g/mol. The maximum absolute atomic E-state index is 9.89. The first-order chi connectivity index (χ1) is 6.56. The molecular formula is C11H23NO2. The van der Waals surface area contributed by atoms with Crippen molar-refractivity contribution in [1.29, 1.82) is 0 Å². The molecule has 1 rings (SSSR count). The van der Waals surface area contributed by atoms with Crippen molar-refractivity contribution in [3.8, 4) is 0 Å². The van der Waals surface area contributed by atoms with Gasteiger partial charge in [-0.1, -0.05) is 13.8 Å². The molecule has 0 bridgehead atoms. The number of hydrogen-bond acceptors (Lipinski definition) is 3. The summed E-state index contributed by atoms with van der Waals surface area (Å²) in [4.78, 5) is 2.33. The van der Waals surface area contributed by atoms with Gasteiger partial charge >= 0.3 is 0 Å². The predicted octanol–water partition coefficient (Wildman–Crippen LogP) is 1.12. The van der Waals surface area contributed by atoms with Crippen LogP contribution in [-0.2, 0) is 4.74 Å². The van der Waals surface area contributed by atoms with Gasteiger partial charge in [0.2, 0.25) is 0 Å². The second kappa shape index (κ2) is 5.10. The second-order valence-corrected chi connectivity index (χ2v) is 4.90. The molecule has 3 heteroatoms. The van der Waals surface area contributed by atoms with E-state index in [1.807, 2.05) is 0 Å². The van der Waals surface area contributed by atoms with Crippen molar-refractivity contribution in [3.63, 3.8) is 0 Å². The largest absolute Gasteiger partial charge is 0.391 e. The average molecular weight is 201 g/mol. The maximum atomic E-state index is 9.89. The number of likely N-dealkylation sites (tertiary alicyclic amines) is 1. The molecule has 0 aromatic heterocycles. The smallest absolute Gasteiger partial charge is 0.0718 e. The zero-order valence-corrected chi connectivity index (χ0v) is 9.62. The van der Waals surface area contributed by atoms with E-state index in [9.17, 15) is 5.11 Å². The molecule has 1 unspecified atom stereocenters. The van der Waals surface area contributed by atoms with Gasteiger partial charge in [0.15, 0.2) is 0 Å². The summed E-state index contributed by atoms with van der Waals surface area (Å²) in [6.07, 6.45) is 1.96. The van der Waals surface area contributed by atoms with Crippen LogP contribution < -0.4 is 0 Å². The summed E-state index contributed by atoms with van der Waals surface area (Å²) in [6, 6.07) is 0. The fourth-order valence-corrected chi connectivity index (χ4v) is 1.83. The number of ether oxygens (including phenoxy) is 1. The van der Waals surface area contributed by atoms with E-state index in [4.69, 9.17) is 4.74 Å². The summed E-state index contributed by atoms with van der Waals surface area (Å²) in [6.45, 7) is 8.07. The number of aliphatic hydroxyl groups excluding tert-OH is 1. The van der Waals surface area contributed by atoms with Gasteiger partial charge in [0, 0.05) is 26.8 Å². The van der Waals surface area contributed by atoms with Crippen LogP contribution in [0.4, 0.5) is 0 Å². The number of piperidine rings is 1. The van der Waals surface area contributed by atoms with Gasteiger partial charge in [0.05, 0.1) is 6.10 Å². The Morgan fingerprint density at radius 1 is 1.50 bits per heavy atom. The van der Waals surface area contributed by atoms with Crippen molar-refractivity contribution < 1.29 is 9.84 Å². The molecule has 0 aromatic rings. The third-order valence-corrected chi connectivity index (χ3v) is 3.23. The first-order valence-electron chi connectivity index (χ1n) is 5.45. The molecule has 1 aliphatic heterocycles. The van der Waals surface area contributed by atoms with Crippen molar-refractivity contribution in [1.82, 2.24) is 4.90 Å². The molecule has 0 saturated carbocycles. The van der Waals surface area contributed by atoms with E-state index in [2.05, 4.69) is 18.7 Å². The van der Waals surface area contributed by atoms with Crippen molar-refractivity contribution in [2.24, 2.45) is 5.41 Å². The molecule has 0 aromatic carbocycles. The van der Waals surface area contributed by atoms with Gasteiger partial charge in [0.25, 0.3) is 0 Å². The van der Waals surface area contributed by atoms with E-state index in [1.165, 1.54) is 0 Å². The lowest BCUT2D eigenvalue weighted by molar-refractivity contribution is -0.0267. The number of hydrogen-bond donors (Lipinski definition) is 1. The summed E-state index contributed by atoms with van der Waals surface area (Å²) in [5.74, 6) is 0. The lowest BCUT2D eigenvalue weighted by Gasteiger charge is -2.41. The predicted molar refractivity (Wildman–Crippen MR) is 57.3 cm³/mol. The van der Waals surface area contributed by atoms with Crippen LogP contribution >= 0.6 is 0 Å². The van der Waals surface area contributed by atoms with Gasteiger partial charge in [-0.3, -0.25) is 0 Å². The Morgan fingerprint density at radius 3 is 2.79 bits per heavy atom. The molecule has 1 N–H and O–H groups in total. The first-order valence-corrected chi connectivity index (χ1v) is 5.45. The van der Waals surface area contributed by atoms with Crippen LogP contribution in [0, 0.1) is 5.41 Å². The van der Waals surface area contributed by atoms with Crippen molar-refractivity contribution in [2.45, 2.75) is 32.8 Å². The highest BCUT2D eigenvalue weighted by Crippen LogP contribution is 2.30. The molecule has 0 aliphatic carbocycles. The van der Waals surface area contributed by atoms with Gasteiger partial charge in [-0.25, -0.2) is 0 Å². The van der Waals surface area contributed by atoms with Crippen LogP contribution in [0.25, 0.3) is 0 Å². The summed E-state index contributed by atoms with van der Waals surface area (Å²) in [5.41, 5.74) is 0.0950. The Labute approximate surface area is 87.1 Å². The number of nitrogens with zero attached hydrogens (tertiary/aromatic N) is 1. The van der Waals surface area contributed by atoms with Crippen LogP contribution in [0.2, 0.25) is 0 Å².